The van der Waals surface area contributed by atoms with Crippen LogP contribution in [0.15, 0.2) is 0 Å². The van der Waals surface area contributed by atoms with Gasteiger partial charge < -0.3 is 21.1 Å². The lowest BCUT2D eigenvalue weighted by Gasteiger charge is -2.10. The predicted octanol–water partition coefficient (Wildman–Crippen LogP) is -0.715. The molecule has 0 aromatic heterocycles. The molecule has 1 rings (SSSR count). The maximum atomic E-state index is 11.2. The van der Waals surface area contributed by atoms with Crippen LogP contribution in [0, 0.1) is 5.92 Å². The molecule has 3 amide bonds. The molecule has 0 aromatic carbocycles. The van der Waals surface area contributed by atoms with Crippen molar-refractivity contribution >= 4 is 17.9 Å². The highest BCUT2D eigenvalue weighted by atomic mass is 16.4. The van der Waals surface area contributed by atoms with E-state index in [4.69, 9.17) is 5.11 Å². The summed E-state index contributed by atoms with van der Waals surface area (Å²) in [6, 6.07) is -1.49. The largest absolute Gasteiger partial charge is 0.480 e. The van der Waals surface area contributed by atoms with E-state index in [1.165, 1.54) is 6.92 Å². The van der Waals surface area contributed by atoms with E-state index in [0.29, 0.717) is 6.54 Å². The average molecular weight is 243 g/mol. The summed E-state index contributed by atoms with van der Waals surface area (Å²) in [6.45, 7) is 2.00. The average Bonchev–Trinajstić information content (AvgIpc) is 3.07. The van der Waals surface area contributed by atoms with Crippen LogP contribution in [0.2, 0.25) is 0 Å². The quantitative estimate of drug-likeness (QED) is 0.462. The molecule has 7 nitrogen and oxygen atoms in total. The number of nitrogens with one attached hydrogen (secondary N) is 3. The van der Waals surface area contributed by atoms with Gasteiger partial charge in [-0.1, -0.05) is 0 Å². The van der Waals surface area contributed by atoms with Crippen molar-refractivity contribution in [2.24, 2.45) is 5.92 Å². The van der Waals surface area contributed by atoms with E-state index in [0.717, 1.165) is 12.8 Å². The summed E-state index contributed by atoms with van der Waals surface area (Å²) in [6.07, 6.45) is 1.88. The van der Waals surface area contributed by atoms with Gasteiger partial charge in [-0.15, -0.1) is 0 Å². The molecule has 0 heterocycles. The van der Waals surface area contributed by atoms with Gasteiger partial charge >= 0.3 is 12.0 Å². The summed E-state index contributed by atoms with van der Waals surface area (Å²) < 4.78 is 0. The number of amides is 3. The molecule has 1 atom stereocenters. The molecular formula is C10H17N3O4. The number of carboxylic acids is 1. The molecule has 1 aliphatic rings. The van der Waals surface area contributed by atoms with Crippen LogP contribution in [0.1, 0.15) is 19.8 Å². The third-order valence-electron chi connectivity index (χ3n) is 2.38. The monoisotopic (exact) mass is 243 g/mol. The van der Waals surface area contributed by atoms with Crippen molar-refractivity contribution in [1.29, 1.82) is 0 Å². The zero-order valence-electron chi connectivity index (χ0n) is 9.66. The maximum absolute atomic E-state index is 11.2. The minimum absolute atomic E-state index is 0.0195. The van der Waals surface area contributed by atoms with Gasteiger partial charge in [0.05, 0.1) is 0 Å². The lowest BCUT2D eigenvalue weighted by molar-refractivity contribution is -0.138. The molecule has 0 bridgehead atoms. The molecule has 1 saturated carbocycles. The lowest BCUT2D eigenvalue weighted by atomic mass is 10.3. The molecule has 17 heavy (non-hydrogen) atoms. The highest BCUT2D eigenvalue weighted by Crippen LogP contribution is 2.28. The lowest BCUT2D eigenvalue weighted by Crippen LogP contribution is -2.46. The maximum Gasteiger partial charge on any atom is 0.325 e. The van der Waals surface area contributed by atoms with E-state index in [-0.39, 0.29) is 18.4 Å². The first-order valence-electron chi connectivity index (χ1n) is 5.55. The van der Waals surface area contributed by atoms with Crippen LogP contribution in [0.3, 0.4) is 0 Å². The topological polar surface area (TPSA) is 108 Å². The Hall–Kier alpha value is -1.79. The van der Waals surface area contributed by atoms with Crippen LogP contribution in [0.4, 0.5) is 4.79 Å². The Morgan fingerprint density at radius 3 is 2.35 bits per heavy atom. The van der Waals surface area contributed by atoms with Gasteiger partial charge in [-0.3, -0.25) is 9.59 Å². The second kappa shape index (κ2) is 6.07. The second-order valence-electron chi connectivity index (χ2n) is 4.03. The minimum Gasteiger partial charge on any atom is -0.480 e. The van der Waals surface area contributed by atoms with Crippen molar-refractivity contribution in [1.82, 2.24) is 16.0 Å². The van der Waals surface area contributed by atoms with E-state index in [2.05, 4.69) is 16.0 Å². The molecular weight excluding hydrogens is 226 g/mol. The van der Waals surface area contributed by atoms with Crippen LogP contribution in [0.5, 0.6) is 0 Å². The van der Waals surface area contributed by atoms with Crippen LogP contribution in [0.25, 0.3) is 0 Å². The molecule has 1 unspecified atom stereocenters. The van der Waals surface area contributed by atoms with Crippen LogP contribution in [-0.4, -0.2) is 42.1 Å². The van der Waals surface area contributed by atoms with Crippen molar-refractivity contribution in [3.63, 3.8) is 0 Å². The highest BCUT2D eigenvalue weighted by Gasteiger charge is 2.28. The zero-order chi connectivity index (χ0) is 12.8. The van der Waals surface area contributed by atoms with Crippen molar-refractivity contribution in [2.75, 3.05) is 13.1 Å². The van der Waals surface area contributed by atoms with Gasteiger partial charge in [0.2, 0.25) is 5.91 Å². The Labute approximate surface area is 98.9 Å². The molecule has 96 valence electrons. The van der Waals surface area contributed by atoms with Gasteiger partial charge in [0.15, 0.2) is 0 Å². The molecule has 0 aromatic rings. The fourth-order valence-corrected chi connectivity index (χ4v) is 1.16. The molecule has 0 radical (unpaired) electrons. The van der Waals surface area contributed by atoms with Crippen molar-refractivity contribution in [2.45, 2.75) is 25.8 Å². The molecule has 1 aliphatic carbocycles. The highest BCUT2D eigenvalue weighted by molar-refractivity contribution is 5.82. The first-order chi connectivity index (χ1) is 8.00. The molecule has 0 saturated heterocycles. The van der Waals surface area contributed by atoms with Gasteiger partial charge in [0.1, 0.15) is 6.04 Å². The second-order valence-corrected chi connectivity index (χ2v) is 4.03. The zero-order valence-corrected chi connectivity index (χ0v) is 9.66. The van der Waals surface area contributed by atoms with Gasteiger partial charge in [-0.2, -0.15) is 0 Å². The molecule has 7 heteroatoms. The Morgan fingerprint density at radius 2 is 1.82 bits per heavy atom. The van der Waals surface area contributed by atoms with E-state index < -0.39 is 18.0 Å². The third-order valence-corrected chi connectivity index (χ3v) is 2.38. The number of hydrogen-bond acceptors (Lipinski definition) is 3. The van der Waals surface area contributed by atoms with E-state index >= 15 is 0 Å². The number of carbonyl (C=O) groups excluding carboxylic acids is 2. The summed E-state index contributed by atoms with van der Waals surface area (Å²) in [5.74, 6) is -0.927. The van der Waals surface area contributed by atoms with Crippen molar-refractivity contribution in [3.05, 3.63) is 0 Å². The van der Waals surface area contributed by atoms with Gasteiger partial charge in [0, 0.05) is 19.0 Å². The Balaban J connectivity index is 2.03. The minimum atomic E-state index is -1.10. The summed E-state index contributed by atoms with van der Waals surface area (Å²) in [4.78, 5) is 32.8. The summed E-state index contributed by atoms with van der Waals surface area (Å²) >= 11 is 0. The molecule has 4 N–H and O–H groups in total. The van der Waals surface area contributed by atoms with Crippen LogP contribution >= 0.6 is 0 Å². The van der Waals surface area contributed by atoms with Crippen LogP contribution < -0.4 is 16.0 Å². The Morgan fingerprint density at radius 1 is 1.24 bits per heavy atom. The van der Waals surface area contributed by atoms with Gasteiger partial charge in [-0.25, -0.2) is 4.79 Å². The van der Waals surface area contributed by atoms with Crippen molar-refractivity contribution < 1.29 is 19.5 Å². The number of urea groups is 1. The standard InChI is InChI=1S/C10H17N3O4/c1-6(9(15)16)13-10(17)12-5-4-11-8(14)7-2-3-7/h6-7H,2-5H2,1H3,(H,11,14)(H,15,16)(H2,12,13,17). The number of aliphatic carboxylic acids is 1. The SMILES string of the molecule is CC(NC(=O)NCCNC(=O)C1CC1)C(=O)O. The molecule has 0 aliphatic heterocycles. The van der Waals surface area contributed by atoms with E-state index in [9.17, 15) is 14.4 Å². The predicted molar refractivity (Wildman–Crippen MR) is 59.4 cm³/mol. The van der Waals surface area contributed by atoms with Crippen LogP contribution in [-0.2, 0) is 9.59 Å². The Kier molecular flexibility index (Phi) is 4.74. The van der Waals surface area contributed by atoms with Gasteiger partial charge in [-0.05, 0) is 19.8 Å². The summed E-state index contributed by atoms with van der Waals surface area (Å²) in [7, 11) is 0. The first-order valence-corrected chi connectivity index (χ1v) is 5.55. The number of carbonyl (C=O) groups is 3. The number of carboxylic acid groups (broad SMARTS) is 1. The fraction of sp³-hybridized carbons (Fsp3) is 0.700. The van der Waals surface area contributed by atoms with Gasteiger partial charge in [0.25, 0.3) is 0 Å². The smallest absolute Gasteiger partial charge is 0.325 e. The molecule has 1 fully saturated rings. The molecule has 0 spiro atoms. The number of rotatable bonds is 6. The Bertz CT molecular complexity index is 315. The summed E-state index contributed by atoms with van der Waals surface area (Å²) in [5.41, 5.74) is 0. The van der Waals surface area contributed by atoms with E-state index in [1.807, 2.05) is 0 Å². The fourth-order valence-electron chi connectivity index (χ4n) is 1.16. The normalized spacial score (nSPS) is 15.8. The third kappa shape index (κ3) is 5.19. The van der Waals surface area contributed by atoms with E-state index in [1.54, 1.807) is 0 Å². The number of hydrogen-bond donors (Lipinski definition) is 4. The first kappa shape index (κ1) is 13.3. The van der Waals surface area contributed by atoms with Crippen molar-refractivity contribution in [3.8, 4) is 0 Å². The summed E-state index contributed by atoms with van der Waals surface area (Å²) in [5, 5.41) is 15.9.